The number of benzene rings is 1. The lowest BCUT2D eigenvalue weighted by molar-refractivity contribution is -0.152. The van der Waals surface area contributed by atoms with Crippen LogP contribution in [0.15, 0.2) is 43.5 Å². The predicted molar refractivity (Wildman–Crippen MR) is 156 cm³/mol. The Kier molecular flexibility index (Phi) is 8.62. The first-order chi connectivity index (χ1) is 19.1. The Bertz CT molecular complexity index is 1160. The lowest BCUT2D eigenvalue weighted by Gasteiger charge is -2.39. The summed E-state index contributed by atoms with van der Waals surface area (Å²) in [7, 11) is 0. The maximum absolute atomic E-state index is 14.8. The molecule has 1 aromatic carbocycles. The second-order valence-electron chi connectivity index (χ2n) is 11.8. The highest BCUT2D eigenvalue weighted by Crippen LogP contribution is 2.64. The van der Waals surface area contributed by atoms with E-state index in [0.29, 0.717) is 32.4 Å². The van der Waals surface area contributed by atoms with E-state index in [9.17, 15) is 19.5 Å². The number of amides is 3. The molecule has 3 aliphatic heterocycles. The standard InChI is InChI=1S/C32H45N3O5/c1-8-17-33(18-9-2)28(37)24-25-29(38)35(23(11-4)20-36)27(32(25)16-15-31(24,7)40-32)30(39)34(19-10-3)26-21(5)13-12-14-22(26)6/h8,10,12-14,23-25,27,36H,1,3,9,11,15-20H2,2,4-7H3/t23-,24-,25-,27?,31+,32?/m0/s1. The molecule has 8 heteroatoms. The van der Waals surface area contributed by atoms with Crippen LogP contribution in [0.1, 0.15) is 57.6 Å². The summed E-state index contributed by atoms with van der Waals surface area (Å²) in [5, 5.41) is 10.4. The number of fused-ring (bicyclic) bond motifs is 1. The number of anilines is 1. The van der Waals surface area contributed by atoms with Crippen molar-refractivity contribution in [2.24, 2.45) is 11.8 Å². The van der Waals surface area contributed by atoms with Gasteiger partial charge in [0, 0.05) is 25.3 Å². The second kappa shape index (κ2) is 11.5. The summed E-state index contributed by atoms with van der Waals surface area (Å²) >= 11 is 0. The molecule has 2 bridgehead atoms. The first-order valence-electron chi connectivity index (χ1n) is 14.6. The van der Waals surface area contributed by atoms with Gasteiger partial charge in [0.2, 0.25) is 11.8 Å². The second-order valence-corrected chi connectivity index (χ2v) is 11.8. The van der Waals surface area contributed by atoms with Gasteiger partial charge in [-0.1, -0.05) is 44.2 Å². The third kappa shape index (κ3) is 4.49. The Hall–Kier alpha value is -2.97. The molecule has 8 nitrogen and oxygen atoms in total. The van der Waals surface area contributed by atoms with Crippen molar-refractivity contribution in [2.75, 3.05) is 31.1 Å². The van der Waals surface area contributed by atoms with E-state index in [1.54, 1.807) is 26.9 Å². The van der Waals surface area contributed by atoms with Crippen molar-refractivity contribution in [1.29, 1.82) is 0 Å². The van der Waals surface area contributed by atoms with E-state index in [1.807, 2.05) is 52.8 Å². The third-order valence-corrected chi connectivity index (χ3v) is 9.23. The minimum Gasteiger partial charge on any atom is -0.394 e. The summed E-state index contributed by atoms with van der Waals surface area (Å²) in [5.74, 6) is -2.21. The maximum Gasteiger partial charge on any atom is 0.253 e. The Morgan fingerprint density at radius 3 is 2.35 bits per heavy atom. The number of aliphatic hydroxyl groups is 1. The molecule has 40 heavy (non-hydrogen) atoms. The Morgan fingerprint density at radius 2 is 1.80 bits per heavy atom. The minimum atomic E-state index is -1.16. The molecule has 3 heterocycles. The topological polar surface area (TPSA) is 90.4 Å². The fourth-order valence-electron chi connectivity index (χ4n) is 7.54. The van der Waals surface area contributed by atoms with Crippen LogP contribution >= 0.6 is 0 Å². The van der Waals surface area contributed by atoms with Gasteiger partial charge in [0.15, 0.2) is 0 Å². The van der Waals surface area contributed by atoms with Gasteiger partial charge in [-0.2, -0.15) is 0 Å². The Labute approximate surface area is 238 Å². The smallest absolute Gasteiger partial charge is 0.253 e. The van der Waals surface area contributed by atoms with Crippen molar-refractivity contribution in [1.82, 2.24) is 9.80 Å². The molecule has 0 aromatic heterocycles. The third-order valence-electron chi connectivity index (χ3n) is 9.23. The number of ether oxygens (including phenoxy) is 1. The van der Waals surface area contributed by atoms with E-state index >= 15 is 0 Å². The number of aryl methyl sites for hydroxylation is 2. The number of aliphatic hydroxyl groups excluding tert-OH is 1. The summed E-state index contributed by atoms with van der Waals surface area (Å²) in [6.07, 6.45) is 5.68. The molecule has 1 aromatic rings. The van der Waals surface area contributed by atoms with Crippen LogP contribution in [0.3, 0.4) is 0 Å². The van der Waals surface area contributed by atoms with E-state index in [0.717, 1.165) is 23.2 Å². The monoisotopic (exact) mass is 551 g/mol. The molecule has 0 saturated carbocycles. The SMILES string of the molecule is C=CCN(CCC)C(=O)[C@@H]1[C@H]2C(=O)N([C@@H](CC)CO)C(C(=O)N(CC=C)c3c(C)cccc3C)C23CC[C@@]1(C)O3. The number of carbonyl (C=O) groups is 3. The number of hydrogen-bond acceptors (Lipinski definition) is 5. The number of hydrogen-bond donors (Lipinski definition) is 1. The van der Waals surface area contributed by atoms with Crippen LogP contribution in [-0.2, 0) is 19.1 Å². The zero-order valence-corrected chi connectivity index (χ0v) is 24.7. The van der Waals surface area contributed by atoms with Crippen molar-refractivity contribution in [2.45, 2.75) is 83.6 Å². The highest BCUT2D eigenvalue weighted by atomic mass is 16.5. The van der Waals surface area contributed by atoms with Gasteiger partial charge < -0.3 is 24.5 Å². The van der Waals surface area contributed by atoms with Crippen molar-refractivity contribution in [3.63, 3.8) is 0 Å². The quantitative estimate of drug-likeness (QED) is 0.400. The van der Waals surface area contributed by atoms with Crippen molar-refractivity contribution < 1.29 is 24.2 Å². The predicted octanol–water partition coefficient (Wildman–Crippen LogP) is 3.78. The molecule has 3 saturated heterocycles. The van der Waals surface area contributed by atoms with Gasteiger partial charge in [-0.05, 0) is 57.6 Å². The van der Waals surface area contributed by atoms with Gasteiger partial charge in [0.25, 0.3) is 5.91 Å². The van der Waals surface area contributed by atoms with Crippen molar-refractivity contribution in [3.8, 4) is 0 Å². The average molecular weight is 552 g/mol. The molecule has 6 atom stereocenters. The summed E-state index contributed by atoms with van der Waals surface area (Å²) < 4.78 is 6.82. The molecule has 3 amide bonds. The highest BCUT2D eigenvalue weighted by Gasteiger charge is 2.78. The summed E-state index contributed by atoms with van der Waals surface area (Å²) in [5.41, 5.74) is 0.630. The normalized spacial score (nSPS) is 29.3. The van der Waals surface area contributed by atoms with Crippen molar-refractivity contribution >= 4 is 23.4 Å². The number of likely N-dealkylation sites (tertiary alicyclic amines) is 1. The molecule has 0 aliphatic carbocycles. The van der Waals surface area contributed by atoms with Crippen LogP contribution in [0.2, 0.25) is 0 Å². The minimum absolute atomic E-state index is 0.132. The summed E-state index contributed by atoms with van der Waals surface area (Å²) in [6.45, 7) is 18.4. The van der Waals surface area contributed by atoms with E-state index < -0.39 is 35.1 Å². The lowest BCUT2D eigenvalue weighted by atomic mass is 9.66. The fraction of sp³-hybridized carbons (Fsp3) is 0.594. The van der Waals surface area contributed by atoms with E-state index in [4.69, 9.17) is 4.74 Å². The van der Waals surface area contributed by atoms with Crippen LogP contribution in [0.25, 0.3) is 0 Å². The molecule has 218 valence electrons. The largest absolute Gasteiger partial charge is 0.394 e. The number of rotatable bonds is 12. The van der Waals surface area contributed by atoms with Gasteiger partial charge in [-0.25, -0.2) is 0 Å². The molecule has 1 spiro atoms. The van der Waals surface area contributed by atoms with Crippen molar-refractivity contribution in [3.05, 3.63) is 54.6 Å². The summed E-state index contributed by atoms with van der Waals surface area (Å²) in [6, 6.07) is 4.33. The van der Waals surface area contributed by atoms with E-state index in [1.165, 1.54) is 0 Å². The lowest BCUT2D eigenvalue weighted by Crippen LogP contribution is -2.59. The van der Waals surface area contributed by atoms with Crippen LogP contribution in [0.4, 0.5) is 5.69 Å². The zero-order valence-electron chi connectivity index (χ0n) is 24.7. The van der Waals surface area contributed by atoms with Gasteiger partial charge >= 0.3 is 0 Å². The van der Waals surface area contributed by atoms with Gasteiger partial charge in [-0.15, -0.1) is 13.2 Å². The molecule has 3 aliphatic rings. The Morgan fingerprint density at radius 1 is 1.15 bits per heavy atom. The van der Waals surface area contributed by atoms with E-state index in [-0.39, 0.29) is 30.9 Å². The zero-order chi connectivity index (χ0) is 29.4. The summed E-state index contributed by atoms with van der Waals surface area (Å²) in [4.78, 5) is 48.3. The molecule has 4 rings (SSSR count). The molecule has 0 radical (unpaired) electrons. The van der Waals surface area contributed by atoms with Gasteiger partial charge in [0.1, 0.15) is 11.6 Å². The molecule has 2 unspecified atom stereocenters. The first-order valence-corrected chi connectivity index (χ1v) is 14.6. The van der Waals surface area contributed by atoms with Crippen LogP contribution in [0, 0.1) is 25.7 Å². The number of nitrogens with zero attached hydrogens (tertiary/aromatic N) is 3. The molecular weight excluding hydrogens is 506 g/mol. The van der Waals surface area contributed by atoms with Crippen LogP contribution in [0.5, 0.6) is 0 Å². The number of para-hydroxylation sites is 1. The maximum atomic E-state index is 14.8. The number of carbonyl (C=O) groups excluding carboxylic acids is 3. The average Bonchev–Trinajstić information content (AvgIpc) is 3.49. The van der Waals surface area contributed by atoms with Gasteiger partial charge in [0.05, 0.1) is 30.1 Å². The molecule has 1 N–H and O–H groups in total. The van der Waals surface area contributed by atoms with E-state index in [2.05, 4.69) is 13.2 Å². The highest BCUT2D eigenvalue weighted by molar-refractivity contribution is 6.06. The van der Waals surface area contributed by atoms with Gasteiger partial charge in [-0.3, -0.25) is 14.4 Å². The fourth-order valence-corrected chi connectivity index (χ4v) is 7.54. The molecule has 3 fully saturated rings. The molecular formula is C32H45N3O5. The first kappa shape index (κ1) is 30.0. The Balaban J connectivity index is 1.87. The van der Waals surface area contributed by atoms with Crippen LogP contribution < -0.4 is 4.90 Å². The van der Waals surface area contributed by atoms with Crippen LogP contribution in [-0.4, -0.2) is 82.2 Å².